The monoisotopic (exact) mass is 457 g/mol. The highest BCUT2D eigenvalue weighted by atomic mass is 16.5. The van der Waals surface area contributed by atoms with E-state index in [1.807, 2.05) is 43.1 Å². The Kier molecular flexibility index (Phi) is 8.32. The van der Waals surface area contributed by atoms with E-state index in [2.05, 4.69) is 4.98 Å². The minimum atomic E-state index is -0.610. The molecule has 1 aromatic carbocycles. The number of ether oxygens (including phenoxy) is 1. The van der Waals surface area contributed by atoms with Gasteiger partial charge in [-0.1, -0.05) is 38.3 Å². The van der Waals surface area contributed by atoms with Gasteiger partial charge < -0.3 is 15.4 Å². The van der Waals surface area contributed by atoms with Gasteiger partial charge in [-0.05, 0) is 44.0 Å². The molecule has 1 aromatic heterocycles. The van der Waals surface area contributed by atoms with Gasteiger partial charge in [-0.15, -0.1) is 0 Å². The SMILES string of the molecule is CCCCn1c(N)c(N(C(=O)CN(C)Cc2cccc(OC)c2)C2CCCC2)c(=O)[nH]c1=O. The molecule has 0 radical (unpaired) electrons. The van der Waals surface area contributed by atoms with Crippen LogP contribution in [0.1, 0.15) is 51.0 Å². The first-order chi connectivity index (χ1) is 15.8. The number of carbonyl (C=O) groups is 1. The molecule has 180 valence electrons. The summed E-state index contributed by atoms with van der Waals surface area (Å²) in [6, 6.07) is 7.59. The van der Waals surface area contributed by atoms with E-state index < -0.39 is 11.2 Å². The highest BCUT2D eigenvalue weighted by Gasteiger charge is 2.32. The first kappa shape index (κ1) is 24.6. The van der Waals surface area contributed by atoms with E-state index in [1.54, 1.807) is 12.0 Å². The predicted octanol–water partition coefficient (Wildman–Crippen LogP) is 2.34. The van der Waals surface area contributed by atoms with Crippen LogP contribution in [0.2, 0.25) is 0 Å². The third-order valence-electron chi connectivity index (χ3n) is 6.14. The number of methoxy groups -OCH3 is 1. The lowest BCUT2D eigenvalue weighted by Gasteiger charge is -2.31. The lowest BCUT2D eigenvalue weighted by Crippen LogP contribution is -2.48. The van der Waals surface area contributed by atoms with Crippen LogP contribution in [-0.4, -0.2) is 47.1 Å². The van der Waals surface area contributed by atoms with Gasteiger partial charge in [0.05, 0.1) is 13.7 Å². The fourth-order valence-electron chi connectivity index (χ4n) is 4.47. The quantitative estimate of drug-likeness (QED) is 0.566. The molecule has 0 aliphatic heterocycles. The molecule has 9 nitrogen and oxygen atoms in total. The number of hydrogen-bond acceptors (Lipinski definition) is 6. The van der Waals surface area contributed by atoms with E-state index in [0.717, 1.165) is 49.8 Å². The number of unbranched alkanes of at least 4 members (excludes halogenated alkanes) is 1. The summed E-state index contributed by atoms with van der Waals surface area (Å²) in [4.78, 5) is 44.6. The maximum Gasteiger partial charge on any atom is 0.330 e. The number of nitrogens with zero attached hydrogens (tertiary/aromatic N) is 3. The Balaban J connectivity index is 1.89. The zero-order valence-corrected chi connectivity index (χ0v) is 19.8. The molecule has 0 atom stereocenters. The Morgan fingerprint density at radius 2 is 2.00 bits per heavy atom. The van der Waals surface area contributed by atoms with Crippen LogP contribution < -0.4 is 26.6 Å². The van der Waals surface area contributed by atoms with E-state index in [0.29, 0.717) is 13.1 Å². The Hall–Kier alpha value is -3.07. The van der Waals surface area contributed by atoms with E-state index >= 15 is 0 Å². The smallest absolute Gasteiger partial charge is 0.330 e. The van der Waals surface area contributed by atoms with Gasteiger partial charge in [-0.2, -0.15) is 0 Å². The summed E-state index contributed by atoms with van der Waals surface area (Å²) in [5.74, 6) is 0.617. The first-order valence-corrected chi connectivity index (χ1v) is 11.6. The van der Waals surface area contributed by atoms with Crippen molar-refractivity contribution in [1.29, 1.82) is 0 Å². The molecule has 1 aliphatic rings. The van der Waals surface area contributed by atoms with Crippen molar-refractivity contribution in [3.63, 3.8) is 0 Å². The number of amides is 1. The molecule has 0 saturated heterocycles. The number of nitrogens with one attached hydrogen (secondary N) is 1. The van der Waals surface area contributed by atoms with Gasteiger partial charge in [0.25, 0.3) is 5.56 Å². The third kappa shape index (κ3) is 5.84. The van der Waals surface area contributed by atoms with Crippen LogP contribution in [-0.2, 0) is 17.9 Å². The number of aromatic nitrogens is 2. The van der Waals surface area contributed by atoms with Crippen molar-refractivity contribution < 1.29 is 9.53 Å². The topological polar surface area (TPSA) is 114 Å². The van der Waals surface area contributed by atoms with Crippen LogP contribution in [0.5, 0.6) is 5.75 Å². The van der Waals surface area contributed by atoms with Gasteiger partial charge in [-0.25, -0.2) is 4.79 Å². The molecule has 1 amide bonds. The van der Waals surface area contributed by atoms with Gasteiger partial charge in [0.1, 0.15) is 11.6 Å². The number of H-pyrrole nitrogens is 1. The summed E-state index contributed by atoms with van der Waals surface area (Å²) in [7, 11) is 3.48. The molecule has 0 bridgehead atoms. The molecule has 9 heteroatoms. The highest BCUT2D eigenvalue weighted by molar-refractivity contribution is 5.97. The van der Waals surface area contributed by atoms with E-state index in [4.69, 9.17) is 10.5 Å². The van der Waals surface area contributed by atoms with Crippen LogP contribution >= 0.6 is 0 Å². The number of aromatic amines is 1. The van der Waals surface area contributed by atoms with E-state index in [9.17, 15) is 14.4 Å². The Morgan fingerprint density at radius 3 is 2.67 bits per heavy atom. The fourth-order valence-corrected chi connectivity index (χ4v) is 4.47. The second kappa shape index (κ2) is 11.2. The second-order valence-corrected chi connectivity index (χ2v) is 8.72. The Morgan fingerprint density at radius 1 is 1.27 bits per heavy atom. The molecule has 1 aliphatic carbocycles. The number of nitrogen functional groups attached to an aromatic ring is 1. The van der Waals surface area contributed by atoms with Crippen molar-refractivity contribution >= 4 is 17.4 Å². The van der Waals surface area contributed by atoms with Crippen LogP contribution in [0.3, 0.4) is 0 Å². The maximum absolute atomic E-state index is 13.5. The number of benzene rings is 1. The van der Waals surface area contributed by atoms with Crippen molar-refractivity contribution in [3.05, 3.63) is 50.7 Å². The fraction of sp³-hybridized carbons (Fsp3) is 0.542. The summed E-state index contributed by atoms with van der Waals surface area (Å²) in [5.41, 5.74) is 6.30. The minimum Gasteiger partial charge on any atom is -0.497 e. The Bertz CT molecular complexity index is 1070. The number of likely N-dealkylation sites (N-methyl/N-ethyl adjacent to an activating group) is 1. The third-order valence-corrected chi connectivity index (χ3v) is 6.14. The molecule has 1 fully saturated rings. The van der Waals surface area contributed by atoms with Crippen LogP contribution in [0, 0.1) is 0 Å². The lowest BCUT2D eigenvalue weighted by molar-refractivity contribution is -0.120. The number of carbonyl (C=O) groups excluding carboxylic acids is 1. The molecular formula is C24H35N5O4. The zero-order valence-electron chi connectivity index (χ0n) is 19.8. The first-order valence-electron chi connectivity index (χ1n) is 11.6. The van der Waals surface area contributed by atoms with Crippen LogP contribution in [0.4, 0.5) is 11.5 Å². The molecule has 3 rings (SSSR count). The van der Waals surface area contributed by atoms with Gasteiger partial charge in [0, 0.05) is 19.1 Å². The summed E-state index contributed by atoms with van der Waals surface area (Å²) in [6.07, 6.45) is 5.20. The summed E-state index contributed by atoms with van der Waals surface area (Å²) in [5, 5.41) is 0. The van der Waals surface area contributed by atoms with Crippen molar-refractivity contribution in [2.45, 2.75) is 64.6 Å². The van der Waals surface area contributed by atoms with Crippen LogP contribution in [0.15, 0.2) is 33.9 Å². The van der Waals surface area contributed by atoms with E-state index in [-0.39, 0.29) is 30.0 Å². The van der Waals surface area contributed by atoms with Gasteiger partial charge >= 0.3 is 5.69 Å². The largest absolute Gasteiger partial charge is 0.497 e. The molecule has 33 heavy (non-hydrogen) atoms. The number of nitrogens with two attached hydrogens (primary N) is 1. The summed E-state index contributed by atoms with van der Waals surface area (Å²) >= 11 is 0. The van der Waals surface area contributed by atoms with Gasteiger partial charge in [0.2, 0.25) is 5.91 Å². The predicted molar refractivity (Wildman–Crippen MR) is 130 cm³/mol. The number of hydrogen-bond donors (Lipinski definition) is 2. The molecule has 0 unspecified atom stereocenters. The van der Waals surface area contributed by atoms with Crippen molar-refractivity contribution in [3.8, 4) is 5.75 Å². The maximum atomic E-state index is 13.5. The second-order valence-electron chi connectivity index (χ2n) is 8.72. The highest BCUT2D eigenvalue weighted by Crippen LogP contribution is 2.29. The van der Waals surface area contributed by atoms with Crippen molar-refractivity contribution in [2.24, 2.45) is 0 Å². The molecule has 0 spiro atoms. The minimum absolute atomic E-state index is 0.0629. The zero-order chi connectivity index (χ0) is 24.0. The van der Waals surface area contributed by atoms with Crippen molar-refractivity contribution in [2.75, 3.05) is 31.3 Å². The molecule has 3 N–H and O–H groups in total. The number of rotatable bonds is 10. The lowest BCUT2D eigenvalue weighted by atomic mass is 10.1. The van der Waals surface area contributed by atoms with Crippen molar-refractivity contribution in [1.82, 2.24) is 14.5 Å². The van der Waals surface area contributed by atoms with Gasteiger partial charge in [0.15, 0.2) is 5.69 Å². The van der Waals surface area contributed by atoms with Gasteiger partial charge in [-0.3, -0.25) is 24.0 Å². The summed E-state index contributed by atoms with van der Waals surface area (Å²) < 4.78 is 6.65. The Labute approximate surface area is 194 Å². The normalized spacial score (nSPS) is 14.1. The number of anilines is 2. The van der Waals surface area contributed by atoms with E-state index in [1.165, 1.54) is 4.57 Å². The molecular weight excluding hydrogens is 422 g/mol. The average molecular weight is 458 g/mol. The standard InChI is InChI=1S/C24H35N5O4/c1-4-5-13-28-22(25)21(23(31)26-24(28)32)29(18-10-6-7-11-18)20(30)16-27(2)15-17-9-8-12-19(14-17)33-3/h8-9,12,14,18H,4-7,10-11,13,15-16,25H2,1-3H3,(H,26,31,32). The molecule has 1 saturated carbocycles. The molecule has 1 heterocycles. The average Bonchev–Trinajstić information content (AvgIpc) is 3.30. The van der Waals surface area contributed by atoms with Crippen LogP contribution in [0.25, 0.3) is 0 Å². The summed E-state index contributed by atoms with van der Waals surface area (Å²) in [6.45, 7) is 3.07. The molecule has 2 aromatic rings.